The van der Waals surface area contributed by atoms with Crippen LogP contribution in [0, 0.1) is 5.82 Å². The van der Waals surface area contributed by atoms with Crippen LogP contribution in [0.25, 0.3) is 0 Å². The van der Waals surface area contributed by atoms with Gasteiger partial charge in [-0.15, -0.1) is 0 Å². The lowest BCUT2D eigenvalue weighted by Crippen LogP contribution is -2.50. The SMILES string of the molecule is CCC(C(=O)NC(C)C)N(Cc1ccc(Cl)c(Cl)c1)C(=O)Cc1c(F)cccc1Cl. The Morgan fingerprint density at radius 1 is 1.07 bits per heavy atom. The van der Waals surface area contributed by atoms with Gasteiger partial charge in [-0.25, -0.2) is 4.39 Å². The Kier molecular flexibility index (Phi) is 8.95. The molecule has 1 N–H and O–H groups in total. The number of hydrogen-bond acceptors (Lipinski definition) is 2. The maximum atomic E-state index is 14.2. The molecule has 2 amide bonds. The second-order valence-electron chi connectivity index (χ2n) is 7.23. The van der Waals surface area contributed by atoms with Gasteiger partial charge in [-0.1, -0.05) is 53.9 Å². The highest BCUT2D eigenvalue weighted by molar-refractivity contribution is 6.42. The number of rotatable bonds is 8. The summed E-state index contributed by atoms with van der Waals surface area (Å²) in [6.07, 6.45) is 0.120. The zero-order valence-electron chi connectivity index (χ0n) is 17.0. The van der Waals surface area contributed by atoms with Crippen molar-refractivity contribution in [2.24, 2.45) is 0 Å². The van der Waals surface area contributed by atoms with Crippen molar-refractivity contribution in [3.05, 3.63) is 68.4 Å². The van der Waals surface area contributed by atoms with Crippen LogP contribution in [0.1, 0.15) is 38.3 Å². The quantitative estimate of drug-likeness (QED) is 0.538. The number of carbonyl (C=O) groups excluding carboxylic acids is 2. The van der Waals surface area contributed by atoms with Crippen LogP contribution in [0.5, 0.6) is 0 Å². The number of hydrogen-bond donors (Lipinski definition) is 1. The highest BCUT2D eigenvalue weighted by Gasteiger charge is 2.30. The molecule has 2 aromatic rings. The van der Waals surface area contributed by atoms with Crippen molar-refractivity contribution in [1.29, 1.82) is 0 Å². The first-order valence-electron chi connectivity index (χ1n) is 9.60. The summed E-state index contributed by atoms with van der Waals surface area (Å²) in [5.41, 5.74) is 0.801. The van der Waals surface area contributed by atoms with Gasteiger partial charge >= 0.3 is 0 Å². The lowest BCUT2D eigenvalue weighted by Gasteiger charge is -2.31. The van der Waals surface area contributed by atoms with Crippen molar-refractivity contribution < 1.29 is 14.0 Å². The lowest BCUT2D eigenvalue weighted by atomic mass is 10.1. The smallest absolute Gasteiger partial charge is 0.243 e. The number of halogens is 4. The molecular formula is C22H24Cl3FN2O2. The Morgan fingerprint density at radius 2 is 1.77 bits per heavy atom. The third kappa shape index (κ3) is 6.34. The zero-order chi connectivity index (χ0) is 22.4. The summed E-state index contributed by atoms with van der Waals surface area (Å²) in [6.45, 7) is 5.62. The fourth-order valence-corrected chi connectivity index (χ4v) is 3.64. The summed E-state index contributed by atoms with van der Waals surface area (Å²) >= 11 is 18.2. The molecule has 2 aromatic carbocycles. The summed E-state index contributed by atoms with van der Waals surface area (Å²) in [5, 5.41) is 3.74. The molecule has 0 heterocycles. The molecule has 0 aromatic heterocycles. The minimum atomic E-state index is -0.736. The van der Waals surface area contributed by atoms with E-state index in [-0.39, 0.29) is 35.5 Å². The predicted molar refractivity (Wildman–Crippen MR) is 119 cm³/mol. The molecule has 30 heavy (non-hydrogen) atoms. The largest absolute Gasteiger partial charge is 0.352 e. The second kappa shape index (κ2) is 11.0. The van der Waals surface area contributed by atoms with Crippen LogP contribution in [0.2, 0.25) is 15.1 Å². The summed E-state index contributed by atoms with van der Waals surface area (Å²) < 4.78 is 14.2. The fraction of sp³-hybridized carbons (Fsp3) is 0.364. The van der Waals surface area contributed by atoms with Crippen LogP contribution in [-0.2, 0) is 22.6 Å². The lowest BCUT2D eigenvalue weighted by molar-refractivity contribution is -0.141. The van der Waals surface area contributed by atoms with Crippen molar-refractivity contribution in [1.82, 2.24) is 10.2 Å². The zero-order valence-corrected chi connectivity index (χ0v) is 19.3. The number of nitrogens with zero attached hydrogens (tertiary/aromatic N) is 1. The maximum Gasteiger partial charge on any atom is 0.243 e. The van der Waals surface area contributed by atoms with Gasteiger partial charge in [0.1, 0.15) is 11.9 Å². The first kappa shape index (κ1) is 24.4. The molecule has 1 unspecified atom stereocenters. The van der Waals surface area contributed by atoms with E-state index in [4.69, 9.17) is 34.8 Å². The van der Waals surface area contributed by atoms with E-state index in [1.54, 1.807) is 18.2 Å². The maximum absolute atomic E-state index is 14.2. The molecule has 0 aliphatic heterocycles. The van der Waals surface area contributed by atoms with Crippen LogP contribution in [0.15, 0.2) is 36.4 Å². The molecule has 8 heteroatoms. The second-order valence-corrected chi connectivity index (χ2v) is 8.46. The summed E-state index contributed by atoms with van der Waals surface area (Å²) in [5.74, 6) is -1.26. The number of carbonyl (C=O) groups is 2. The molecular weight excluding hydrogens is 450 g/mol. The molecule has 2 rings (SSSR count). The molecule has 0 aliphatic carbocycles. The van der Waals surface area contributed by atoms with Gasteiger partial charge in [-0.05, 0) is 50.1 Å². The van der Waals surface area contributed by atoms with Crippen LogP contribution >= 0.6 is 34.8 Å². The average Bonchev–Trinajstić information content (AvgIpc) is 2.66. The van der Waals surface area contributed by atoms with E-state index in [1.165, 1.54) is 23.1 Å². The van der Waals surface area contributed by atoms with Crippen LogP contribution in [0.4, 0.5) is 4.39 Å². The molecule has 0 aliphatic rings. The van der Waals surface area contributed by atoms with Gasteiger partial charge in [0.15, 0.2) is 0 Å². The van der Waals surface area contributed by atoms with Gasteiger partial charge in [0.2, 0.25) is 11.8 Å². The van der Waals surface area contributed by atoms with E-state index in [0.717, 1.165) is 0 Å². The molecule has 0 saturated heterocycles. The standard InChI is InChI=1S/C22H24Cl3FN2O2/c1-4-20(22(30)27-13(2)3)28(12-14-8-9-17(24)18(25)10-14)21(29)11-15-16(23)6-5-7-19(15)26/h5-10,13,20H,4,11-12H2,1-3H3,(H,27,30). The number of amides is 2. The van der Waals surface area contributed by atoms with E-state index in [0.29, 0.717) is 22.0 Å². The van der Waals surface area contributed by atoms with E-state index < -0.39 is 17.8 Å². The first-order chi connectivity index (χ1) is 14.1. The summed E-state index contributed by atoms with van der Waals surface area (Å²) in [7, 11) is 0. The van der Waals surface area contributed by atoms with E-state index in [2.05, 4.69) is 5.32 Å². The molecule has 162 valence electrons. The molecule has 0 saturated carbocycles. The first-order valence-corrected chi connectivity index (χ1v) is 10.7. The average molecular weight is 474 g/mol. The van der Waals surface area contributed by atoms with E-state index >= 15 is 0 Å². The van der Waals surface area contributed by atoms with Gasteiger partial charge in [0, 0.05) is 23.2 Å². The molecule has 0 radical (unpaired) electrons. The minimum absolute atomic E-state index is 0.0884. The predicted octanol–water partition coefficient (Wildman–Crippen LogP) is 5.66. The Hall–Kier alpha value is -1.82. The third-order valence-electron chi connectivity index (χ3n) is 4.54. The topological polar surface area (TPSA) is 49.4 Å². The molecule has 0 spiro atoms. The van der Waals surface area contributed by atoms with E-state index in [9.17, 15) is 14.0 Å². The Morgan fingerprint density at radius 3 is 2.33 bits per heavy atom. The van der Waals surface area contributed by atoms with Crippen molar-refractivity contribution >= 4 is 46.6 Å². The van der Waals surface area contributed by atoms with Gasteiger partial charge < -0.3 is 10.2 Å². The summed E-state index contributed by atoms with van der Waals surface area (Å²) in [4.78, 5) is 27.4. The third-order valence-corrected chi connectivity index (χ3v) is 5.64. The van der Waals surface area contributed by atoms with Crippen molar-refractivity contribution in [2.45, 2.75) is 52.2 Å². The Balaban J connectivity index is 2.38. The molecule has 0 fully saturated rings. The molecule has 0 bridgehead atoms. The molecule has 4 nitrogen and oxygen atoms in total. The monoisotopic (exact) mass is 472 g/mol. The number of benzene rings is 2. The highest BCUT2D eigenvalue weighted by Crippen LogP contribution is 2.25. The van der Waals surface area contributed by atoms with Gasteiger partial charge in [-0.2, -0.15) is 0 Å². The Bertz CT molecular complexity index is 901. The van der Waals surface area contributed by atoms with Crippen LogP contribution in [0.3, 0.4) is 0 Å². The van der Waals surface area contributed by atoms with Crippen molar-refractivity contribution in [2.75, 3.05) is 0 Å². The normalized spacial score (nSPS) is 12.0. The van der Waals surface area contributed by atoms with Gasteiger partial charge in [-0.3, -0.25) is 9.59 Å². The van der Waals surface area contributed by atoms with E-state index in [1.807, 2.05) is 20.8 Å². The van der Waals surface area contributed by atoms with Crippen molar-refractivity contribution in [3.63, 3.8) is 0 Å². The van der Waals surface area contributed by atoms with Crippen molar-refractivity contribution in [3.8, 4) is 0 Å². The Labute approximate surface area is 191 Å². The fourth-order valence-electron chi connectivity index (χ4n) is 3.09. The minimum Gasteiger partial charge on any atom is -0.352 e. The van der Waals surface area contributed by atoms with Gasteiger partial charge in [0.05, 0.1) is 16.5 Å². The highest BCUT2D eigenvalue weighted by atomic mass is 35.5. The number of nitrogens with one attached hydrogen (secondary N) is 1. The van der Waals surface area contributed by atoms with Crippen LogP contribution < -0.4 is 5.32 Å². The molecule has 1 atom stereocenters. The van der Waals surface area contributed by atoms with Gasteiger partial charge in [0.25, 0.3) is 0 Å². The van der Waals surface area contributed by atoms with Crippen LogP contribution in [-0.4, -0.2) is 28.8 Å². The summed E-state index contributed by atoms with van der Waals surface area (Å²) in [6, 6.07) is 8.44.